The van der Waals surface area contributed by atoms with Crippen LogP contribution in [-0.4, -0.2) is 48.1 Å². The van der Waals surface area contributed by atoms with Gasteiger partial charge in [-0.2, -0.15) is 0 Å². The van der Waals surface area contributed by atoms with E-state index in [0.717, 1.165) is 6.07 Å². The minimum absolute atomic E-state index is 0.0213. The summed E-state index contributed by atoms with van der Waals surface area (Å²) in [7, 11) is 0. The van der Waals surface area contributed by atoms with Crippen LogP contribution in [0.15, 0.2) is 18.2 Å². The van der Waals surface area contributed by atoms with Gasteiger partial charge in [-0.25, -0.2) is 4.39 Å². The topological polar surface area (TPSA) is 69.6 Å². The number of carbonyl (C=O) groups excluding carboxylic acids is 2. The molecular formula is C15H15FN2O3. The van der Waals surface area contributed by atoms with Crippen LogP contribution in [-0.2, 0) is 4.79 Å². The van der Waals surface area contributed by atoms with Crippen molar-refractivity contribution in [3.05, 3.63) is 35.1 Å². The first-order chi connectivity index (χ1) is 10.1. The van der Waals surface area contributed by atoms with Crippen molar-refractivity contribution in [1.29, 1.82) is 0 Å². The molecule has 1 heterocycles. The fourth-order valence-corrected chi connectivity index (χ4v) is 2.05. The van der Waals surface area contributed by atoms with Gasteiger partial charge in [0.25, 0.3) is 5.91 Å². The van der Waals surface area contributed by atoms with Gasteiger partial charge in [-0.15, -0.1) is 0 Å². The first-order valence-electron chi connectivity index (χ1n) is 6.57. The lowest BCUT2D eigenvalue weighted by Crippen LogP contribution is -2.37. The van der Waals surface area contributed by atoms with E-state index in [9.17, 15) is 14.0 Å². The molecule has 110 valence electrons. The molecule has 0 aromatic heterocycles. The summed E-state index contributed by atoms with van der Waals surface area (Å²) in [5, 5.41) is 11.3. The maximum Gasteiger partial charge on any atom is 0.254 e. The molecule has 21 heavy (non-hydrogen) atoms. The summed E-state index contributed by atoms with van der Waals surface area (Å²) < 4.78 is 13.8. The second kappa shape index (κ2) is 6.86. The summed E-state index contributed by atoms with van der Waals surface area (Å²) in [4.78, 5) is 25.1. The van der Waals surface area contributed by atoms with Crippen molar-refractivity contribution < 1.29 is 19.1 Å². The average Bonchev–Trinajstić information content (AvgIpc) is 2.70. The highest BCUT2D eigenvalue weighted by molar-refractivity contribution is 5.96. The summed E-state index contributed by atoms with van der Waals surface area (Å²) in [6.45, 7) is 0.605. The Balaban J connectivity index is 2.19. The first kappa shape index (κ1) is 15.0. The molecule has 2 amide bonds. The molecule has 1 aliphatic heterocycles. The Morgan fingerprint density at radius 1 is 1.48 bits per heavy atom. The molecule has 1 aliphatic rings. The van der Waals surface area contributed by atoms with Crippen molar-refractivity contribution in [2.75, 3.05) is 26.2 Å². The molecule has 0 saturated carbocycles. The SMILES string of the molecule is O=C1CN(C(=O)c2ccc(C#CCO)c(F)c2)CCCN1. The standard InChI is InChI=1S/C15H15FN2O3/c16-13-9-12(5-4-11(13)3-1-8-19)15(21)18-7-2-6-17-14(20)10-18/h4-5,9,19H,2,6-8,10H2,(H,17,20). The van der Waals surface area contributed by atoms with E-state index in [1.54, 1.807) is 0 Å². The van der Waals surface area contributed by atoms with Crippen LogP contribution in [0, 0.1) is 17.7 Å². The van der Waals surface area contributed by atoms with Crippen molar-refractivity contribution in [2.45, 2.75) is 6.42 Å². The molecule has 2 rings (SSSR count). The van der Waals surface area contributed by atoms with E-state index >= 15 is 0 Å². The maximum absolute atomic E-state index is 13.8. The molecule has 2 N–H and O–H groups in total. The predicted molar refractivity (Wildman–Crippen MR) is 73.9 cm³/mol. The van der Waals surface area contributed by atoms with Crippen LogP contribution in [0.4, 0.5) is 4.39 Å². The zero-order valence-electron chi connectivity index (χ0n) is 11.4. The van der Waals surface area contributed by atoms with Gasteiger partial charge in [-0.05, 0) is 24.6 Å². The van der Waals surface area contributed by atoms with Gasteiger partial charge in [-0.3, -0.25) is 9.59 Å². The third kappa shape index (κ3) is 3.80. The Morgan fingerprint density at radius 2 is 2.29 bits per heavy atom. The number of amides is 2. The number of nitrogens with one attached hydrogen (secondary N) is 1. The van der Waals surface area contributed by atoms with Crippen LogP contribution >= 0.6 is 0 Å². The molecule has 0 aliphatic carbocycles. The van der Waals surface area contributed by atoms with E-state index in [4.69, 9.17) is 5.11 Å². The highest BCUT2D eigenvalue weighted by Gasteiger charge is 2.21. The smallest absolute Gasteiger partial charge is 0.254 e. The summed E-state index contributed by atoms with van der Waals surface area (Å²) in [6.07, 6.45) is 0.667. The summed E-state index contributed by atoms with van der Waals surface area (Å²) in [6, 6.07) is 3.96. The Labute approximate surface area is 121 Å². The average molecular weight is 290 g/mol. The number of hydrogen-bond donors (Lipinski definition) is 2. The lowest BCUT2D eigenvalue weighted by atomic mass is 10.1. The zero-order valence-corrected chi connectivity index (χ0v) is 11.4. The normalized spacial score (nSPS) is 14.8. The Morgan fingerprint density at radius 3 is 3.00 bits per heavy atom. The van der Waals surface area contributed by atoms with Gasteiger partial charge in [-0.1, -0.05) is 11.8 Å². The van der Waals surface area contributed by atoms with Crippen molar-refractivity contribution in [1.82, 2.24) is 10.2 Å². The van der Waals surface area contributed by atoms with Gasteiger partial charge in [0.2, 0.25) is 5.91 Å². The molecule has 1 fully saturated rings. The Kier molecular flexibility index (Phi) is 4.90. The molecule has 1 aromatic rings. The largest absolute Gasteiger partial charge is 0.384 e. The third-order valence-electron chi connectivity index (χ3n) is 3.07. The zero-order chi connectivity index (χ0) is 15.2. The molecule has 0 spiro atoms. The summed E-state index contributed by atoms with van der Waals surface area (Å²) >= 11 is 0. The van der Waals surface area contributed by atoms with Gasteiger partial charge < -0.3 is 15.3 Å². The van der Waals surface area contributed by atoms with Gasteiger partial charge in [0.05, 0.1) is 12.1 Å². The second-order valence-electron chi connectivity index (χ2n) is 4.58. The Hall–Kier alpha value is -2.39. The van der Waals surface area contributed by atoms with Crippen LogP contribution < -0.4 is 5.32 Å². The summed E-state index contributed by atoms with van der Waals surface area (Å²) in [5.41, 5.74) is 0.297. The van der Waals surface area contributed by atoms with E-state index in [2.05, 4.69) is 17.2 Å². The lowest BCUT2D eigenvalue weighted by molar-refractivity contribution is -0.121. The predicted octanol–water partition coefficient (Wildman–Crippen LogP) is 0.132. The van der Waals surface area contributed by atoms with Crippen molar-refractivity contribution >= 4 is 11.8 Å². The van der Waals surface area contributed by atoms with Gasteiger partial charge in [0.1, 0.15) is 12.4 Å². The molecule has 0 unspecified atom stereocenters. The molecule has 0 radical (unpaired) electrons. The van der Waals surface area contributed by atoms with Gasteiger partial charge in [0.15, 0.2) is 0 Å². The van der Waals surface area contributed by atoms with E-state index in [-0.39, 0.29) is 36.1 Å². The number of aliphatic hydroxyl groups is 1. The molecule has 5 nitrogen and oxygen atoms in total. The summed E-state index contributed by atoms with van der Waals surface area (Å²) in [5.74, 6) is 3.59. The number of hydrogen-bond acceptors (Lipinski definition) is 3. The van der Waals surface area contributed by atoms with Crippen LogP contribution in [0.1, 0.15) is 22.3 Å². The molecular weight excluding hydrogens is 275 g/mol. The van der Waals surface area contributed by atoms with E-state index in [1.165, 1.54) is 17.0 Å². The van der Waals surface area contributed by atoms with E-state index in [0.29, 0.717) is 19.5 Å². The molecule has 6 heteroatoms. The molecule has 1 saturated heterocycles. The minimum atomic E-state index is -0.624. The lowest BCUT2D eigenvalue weighted by Gasteiger charge is -2.19. The van der Waals surface area contributed by atoms with Crippen LogP contribution in [0.5, 0.6) is 0 Å². The van der Waals surface area contributed by atoms with Crippen molar-refractivity contribution in [3.8, 4) is 11.8 Å². The number of aliphatic hydroxyl groups excluding tert-OH is 1. The van der Waals surface area contributed by atoms with Crippen LogP contribution in [0.3, 0.4) is 0 Å². The Bertz CT molecular complexity index is 619. The van der Waals surface area contributed by atoms with Gasteiger partial charge in [0, 0.05) is 18.7 Å². The first-order valence-corrected chi connectivity index (χ1v) is 6.57. The molecule has 0 bridgehead atoms. The molecule has 0 atom stereocenters. The maximum atomic E-state index is 13.8. The van der Waals surface area contributed by atoms with Crippen molar-refractivity contribution in [3.63, 3.8) is 0 Å². The highest BCUT2D eigenvalue weighted by atomic mass is 19.1. The number of carbonyl (C=O) groups is 2. The van der Waals surface area contributed by atoms with Crippen LogP contribution in [0.25, 0.3) is 0 Å². The monoisotopic (exact) mass is 290 g/mol. The fraction of sp³-hybridized carbons (Fsp3) is 0.333. The number of benzene rings is 1. The highest BCUT2D eigenvalue weighted by Crippen LogP contribution is 2.12. The minimum Gasteiger partial charge on any atom is -0.384 e. The molecule has 1 aromatic carbocycles. The van der Waals surface area contributed by atoms with E-state index < -0.39 is 5.82 Å². The fourth-order valence-electron chi connectivity index (χ4n) is 2.05. The van der Waals surface area contributed by atoms with Gasteiger partial charge >= 0.3 is 0 Å². The second-order valence-corrected chi connectivity index (χ2v) is 4.58. The number of rotatable bonds is 1. The van der Waals surface area contributed by atoms with Crippen molar-refractivity contribution in [2.24, 2.45) is 0 Å². The quantitative estimate of drug-likeness (QED) is 0.722. The van der Waals surface area contributed by atoms with Crippen LogP contribution in [0.2, 0.25) is 0 Å². The third-order valence-corrected chi connectivity index (χ3v) is 3.07. The van der Waals surface area contributed by atoms with E-state index in [1.807, 2.05) is 0 Å². The number of nitrogens with zero attached hydrogens (tertiary/aromatic N) is 1. The number of halogens is 1.